The molecule has 0 aliphatic heterocycles. The standard InChI is InChI=1S/C29H29N3O4S/c1-19-9-12-22(13-10-19)27(29(35)30-17-23-6-4-14-36-23)32(24-16-20(2)8-11-21(24)3)26(33)18-31-28(34)25-7-5-15-37-25/h4-16,27H,17-18H2,1-3H3,(H,30,35)(H,31,34)/t27-/m1/s1. The number of benzene rings is 2. The Morgan fingerprint density at radius 2 is 1.68 bits per heavy atom. The SMILES string of the molecule is Cc1ccc([C@H](C(=O)NCc2ccco2)N(C(=O)CNC(=O)c2cccs2)c2cc(C)ccc2C)cc1. The quantitative estimate of drug-likeness (QED) is 0.325. The zero-order valence-electron chi connectivity index (χ0n) is 21.0. The van der Waals surface area contributed by atoms with E-state index in [0.29, 0.717) is 21.9 Å². The highest BCUT2D eigenvalue weighted by atomic mass is 32.1. The van der Waals surface area contributed by atoms with Gasteiger partial charge in [-0.2, -0.15) is 0 Å². The van der Waals surface area contributed by atoms with Crippen molar-refractivity contribution in [3.8, 4) is 0 Å². The number of nitrogens with one attached hydrogen (secondary N) is 2. The molecule has 0 radical (unpaired) electrons. The second-order valence-corrected chi connectivity index (χ2v) is 9.77. The third-order valence-electron chi connectivity index (χ3n) is 5.95. The van der Waals surface area contributed by atoms with E-state index in [1.807, 2.05) is 63.2 Å². The van der Waals surface area contributed by atoms with E-state index in [4.69, 9.17) is 4.42 Å². The van der Waals surface area contributed by atoms with Gasteiger partial charge in [0.15, 0.2) is 0 Å². The zero-order chi connectivity index (χ0) is 26.4. The molecule has 8 heteroatoms. The van der Waals surface area contributed by atoms with Crippen molar-refractivity contribution in [3.63, 3.8) is 0 Å². The van der Waals surface area contributed by atoms with Crippen molar-refractivity contribution in [3.05, 3.63) is 111 Å². The van der Waals surface area contributed by atoms with E-state index in [1.165, 1.54) is 16.2 Å². The van der Waals surface area contributed by atoms with Crippen LogP contribution in [-0.2, 0) is 16.1 Å². The van der Waals surface area contributed by atoms with Gasteiger partial charge in [-0.05, 0) is 67.1 Å². The molecule has 0 spiro atoms. The Balaban J connectivity index is 1.71. The fourth-order valence-electron chi connectivity index (χ4n) is 3.98. The third kappa shape index (κ3) is 6.34. The maximum absolute atomic E-state index is 13.8. The largest absolute Gasteiger partial charge is 0.467 e. The van der Waals surface area contributed by atoms with Crippen molar-refractivity contribution in [2.24, 2.45) is 0 Å². The lowest BCUT2D eigenvalue weighted by molar-refractivity contribution is -0.126. The van der Waals surface area contributed by atoms with Crippen LogP contribution in [0.2, 0.25) is 0 Å². The molecule has 7 nitrogen and oxygen atoms in total. The van der Waals surface area contributed by atoms with Crippen LogP contribution in [0.25, 0.3) is 0 Å². The fourth-order valence-corrected chi connectivity index (χ4v) is 4.62. The number of amides is 3. The van der Waals surface area contributed by atoms with Crippen LogP contribution in [-0.4, -0.2) is 24.3 Å². The highest BCUT2D eigenvalue weighted by molar-refractivity contribution is 7.12. The van der Waals surface area contributed by atoms with Gasteiger partial charge in [0, 0.05) is 5.69 Å². The van der Waals surface area contributed by atoms with E-state index in [2.05, 4.69) is 10.6 Å². The molecule has 0 aliphatic rings. The van der Waals surface area contributed by atoms with Crippen LogP contribution >= 0.6 is 11.3 Å². The molecule has 0 bridgehead atoms. The summed E-state index contributed by atoms with van der Waals surface area (Å²) >= 11 is 1.30. The third-order valence-corrected chi connectivity index (χ3v) is 6.82. The fraction of sp³-hybridized carbons (Fsp3) is 0.207. The van der Waals surface area contributed by atoms with Crippen LogP contribution in [0, 0.1) is 20.8 Å². The van der Waals surface area contributed by atoms with Gasteiger partial charge in [-0.3, -0.25) is 19.3 Å². The molecule has 0 fully saturated rings. The number of aryl methyl sites for hydroxylation is 3. The molecule has 2 aromatic carbocycles. The van der Waals surface area contributed by atoms with E-state index in [0.717, 1.165) is 16.7 Å². The number of hydrogen-bond acceptors (Lipinski definition) is 5. The number of carbonyl (C=O) groups is 3. The number of furan rings is 1. The van der Waals surface area contributed by atoms with E-state index < -0.39 is 11.9 Å². The van der Waals surface area contributed by atoms with Crippen molar-refractivity contribution in [1.29, 1.82) is 0 Å². The maximum Gasteiger partial charge on any atom is 0.261 e. The monoisotopic (exact) mass is 515 g/mol. The van der Waals surface area contributed by atoms with Gasteiger partial charge in [-0.25, -0.2) is 0 Å². The maximum atomic E-state index is 13.8. The molecule has 0 aliphatic carbocycles. The minimum atomic E-state index is -0.970. The number of anilines is 1. The first-order valence-electron chi connectivity index (χ1n) is 11.9. The first-order valence-corrected chi connectivity index (χ1v) is 12.8. The molecule has 37 heavy (non-hydrogen) atoms. The van der Waals surface area contributed by atoms with Crippen molar-refractivity contribution < 1.29 is 18.8 Å². The summed E-state index contributed by atoms with van der Waals surface area (Å²) in [7, 11) is 0. The number of rotatable bonds is 9. The van der Waals surface area contributed by atoms with Gasteiger partial charge < -0.3 is 15.1 Å². The van der Waals surface area contributed by atoms with Crippen LogP contribution in [0.15, 0.2) is 82.8 Å². The number of carbonyl (C=O) groups excluding carboxylic acids is 3. The van der Waals surface area contributed by atoms with Gasteiger partial charge in [0.2, 0.25) is 11.8 Å². The van der Waals surface area contributed by atoms with E-state index >= 15 is 0 Å². The van der Waals surface area contributed by atoms with Crippen molar-refractivity contribution in [2.75, 3.05) is 11.4 Å². The summed E-state index contributed by atoms with van der Waals surface area (Å²) in [6.07, 6.45) is 1.54. The zero-order valence-corrected chi connectivity index (χ0v) is 21.8. The molecule has 0 saturated heterocycles. The number of nitrogens with zero attached hydrogens (tertiary/aromatic N) is 1. The molecular formula is C29H29N3O4S. The highest BCUT2D eigenvalue weighted by Crippen LogP contribution is 2.31. The van der Waals surface area contributed by atoms with Crippen molar-refractivity contribution in [2.45, 2.75) is 33.4 Å². The Kier molecular flexibility index (Phi) is 8.20. The molecule has 3 amide bonds. The number of thiophene rings is 1. The van der Waals surface area contributed by atoms with E-state index in [1.54, 1.807) is 35.9 Å². The second-order valence-electron chi connectivity index (χ2n) is 8.82. The number of hydrogen-bond donors (Lipinski definition) is 2. The lowest BCUT2D eigenvalue weighted by Crippen LogP contribution is -2.47. The molecule has 4 aromatic rings. The van der Waals surface area contributed by atoms with Gasteiger partial charge in [-0.1, -0.05) is 48.0 Å². The lowest BCUT2D eigenvalue weighted by atomic mass is 10.00. The summed E-state index contributed by atoms with van der Waals surface area (Å²) in [5.41, 5.74) is 4.07. The van der Waals surface area contributed by atoms with Crippen molar-refractivity contribution >= 4 is 34.7 Å². The van der Waals surface area contributed by atoms with Crippen LogP contribution in [0.1, 0.15) is 43.7 Å². The van der Waals surface area contributed by atoms with Crippen molar-refractivity contribution in [1.82, 2.24) is 10.6 Å². The lowest BCUT2D eigenvalue weighted by Gasteiger charge is -2.33. The Labute approximate surface area is 220 Å². The molecule has 190 valence electrons. The predicted octanol–water partition coefficient (Wildman–Crippen LogP) is 5.09. The van der Waals surface area contributed by atoms with Crippen LogP contribution in [0.5, 0.6) is 0 Å². The first kappa shape index (κ1) is 25.9. The summed E-state index contributed by atoms with van der Waals surface area (Å²) in [6.45, 7) is 5.70. The normalized spacial score (nSPS) is 11.5. The second kappa shape index (κ2) is 11.7. The van der Waals surface area contributed by atoms with Gasteiger partial charge in [0.05, 0.1) is 24.2 Å². The smallest absolute Gasteiger partial charge is 0.261 e. The van der Waals surface area contributed by atoms with Crippen LogP contribution in [0.3, 0.4) is 0 Å². The van der Waals surface area contributed by atoms with Gasteiger partial charge in [-0.15, -0.1) is 11.3 Å². The summed E-state index contributed by atoms with van der Waals surface area (Å²) in [5.74, 6) is -0.501. The summed E-state index contributed by atoms with van der Waals surface area (Å²) in [4.78, 5) is 42.1. The minimum absolute atomic E-state index is 0.179. The minimum Gasteiger partial charge on any atom is -0.467 e. The van der Waals surface area contributed by atoms with Gasteiger partial charge >= 0.3 is 0 Å². The van der Waals surface area contributed by atoms with Crippen LogP contribution in [0.4, 0.5) is 5.69 Å². The molecule has 2 N–H and O–H groups in total. The van der Waals surface area contributed by atoms with E-state index in [-0.39, 0.29) is 24.9 Å². The molecule has 1 atom stereocenters. The molecule has 0 saturated carbocycles. The van der Waals surface area contributed by atoms with Gasteiger partial charge in [0.25, 0.3) is 5.91 Å². The Bertz CT molecular complexity index is 1360. The summed E-state index contributed by atoms with van der Waals surface area (Å²) in [5, 5.41) is 7.43. The molecule has 0 unspecified atom stereocenters. The Hall–Kier alpha value is -4.17. The average Bonchev–Trinajstić information content (AvgIpc) is 3.61. The molecular weight excluding hydrogens is 486 g/mol. The molecule has 4 rings (SSSR count). The van der Waals surface area contributed by atoms with Crippen LogP contribution < -0.4 is 15.5 Å². The van der Waals surface area contributed by atoms with E-state index in [9.17, 15) is 14.4 Å². The molecule has 2 heterocycles. The van der Waals surface area contributed by atoms with Gasteiger partial charge in [0.1, 0.15) is 11.8 Å². The summed E-state index contributed by atoms with van der Waals surface area (Å²) in [6, 6.07) is 19.3. The molecule has 2 aromatic heterocycles. The summed E-state index contributed by atoms with van der Waals surface area (Å²) < 4.78 is 5.37. The first-order chi connectivity index (χ1) is 17.8. The Morgan fingerprint density at radius 3 is 2.35 bits per heavy atom. The average molecular weight is 516 g/mol. The predicted molar refractivity (Wildman–Crippen MR) is 145 cm³/mol. The highest BCUT2D eigenvalue weighted by Gasteiger charge is 2.34. The Morgan fingerprint density at radius 1 is 0.919 bits per heavy atom. The topological polar surface area (TPSA) is 91.7 Å².